The minimum absolute atomic E-state index is 0.191. The summed E-state index contributed by atoms with van der Waals surface area (Å²) in [6.07, 6.45) is 0. The van der Waals surface area contributed by atoms with Crippen LogP contribution in [0.3, 0.4) is 0 Å². The molecule has 1 aliphatic rings. The maximum Gasteiger partial charge on any atom is 0.322 e. The van der Waals surface area contributed by atoms with Gasteiger partial charge >= 0.3 is 6.03 Å². The molecular formula is C21H18FN3O. The maximum absolute atomic E-state index is 13.1. The van der Waals surface area contributed by atoms with E-state index in [4.69, 9.17) is 5.73 Å². The third kappa shape index (κ3) is 3.11. The lowest BCUT2D eigenvalue weighted by Crippen LogP contribution is -2.30. The van der Waals surface area contributed by atoms with Gasteiger partial charge in [0.25, 0.3) is 0 Å². The second-order valence-corrected chi connectivity index (χ2v) is 6.36. The Morgan fingerprint density at radius 2 is 1.54 bits per heavy atom. The number of hydrogen-bond acceptors (Lipinski definition) is 2. The van der Waals surface area contributed by atoms with Crippen molar-refractivity contribution in [3.05, 3.63) is 83.7 Å². The van der Waals surface area contributed by atoms with Crippen LogP contribution in [0.1, 0.15) is 11.1 Å². The van der Waals surface area contributed by atoms with Crippen molar-refractivity contribution >= 4 is 17.4 Å². The molecule has 3 N–H and O–H groups in total. The first-order valence-electron chi connectivity index (χ1n) is 8.38. The van der Waals surface area contributed by atoms with E-state index in [9.17, 15) is 9.18 Å². The Hall–Kier alpha value is -3.34. The molecule has 1 heterocycles. The summed E-state index contributed by atoms with van der Waals surface area (Å²) < 4.78 is 13.1. The normalized spacial score (nSPS) is 12.7. The molecule has 0 unspecified atom stereocenters. The van der Waals surface area contributed by atoms with Gasteiger partial charge in [-0.15, -0.1) is 0 Å². The van der Waals surface area contributed by atoms with Gasteiger partial charge in [0.2, 0.25) is 0 Å². The van der Waals surface area contributed by atoms with Crippen LogP contribution in [-0.4, -0.2) is 10.9 Å². The molecule has 26 heavy (non-hydrogen) atoms. The Bertz CT molecular complexity index is 944. The zero-order chi connectivity index (χ0) is 18.1. The van der Waals surface area contributed by atoms with Crippen LogP contribution in [0.25, 0.3) is 11.1 Å². The first-order valence-corrected chi connectivity index (χ1v) is 8.38. The van der Waals surface area contributed by atoms with E-state index >= 15 is 0 Å². The van der Waals surface area contributed by atoms with Crippen LogP contribution in [0, 0.1) is 5.82 Å². The topological polar surface area (TPSA) is 58.4 Å². The standard InChI is InChI=1S/C21H18FN3O/c22-18-8-5-14(6-9-18)15-7-10-19(23)20(11-15)24-21(26)25-12-16-3-1-2-4-17(16)13-25/h1-11H,12-13,23H2,(H,24,26). The van der Waals surface area contributed by atoms with E-state index in [1.165, 1.54) is 12.1 Å². The maximum atomic E-state index is 13.1. The first kappa shape index (κ1) is 16.1. The highest BCUT2D eigenvalue weighted by atomic mass is 19.1. The zero-order valence-electron chi connectivity index (χ0n) is 14.1. The summed E-state index contributed by atoms with van der Waals surface area (Å²) in [4.78, 5) is 14.4. The van der Waals surface area contributed by atoms with Gasteiger partial charge in [0.15, 0.2) is 0 Å². The van der Waals surface area contributed by atoms with Gasteiger partial charge in [0.05, 0.1) is 11.4 Å². The Morgan fingerprint density at radius 3 is 2.19 bits per heavy atom. The Balaban J connectivity index is 1.54. The summed E-state index contributed by atoms with van der Waals surface area (Å²) in [5.74, 6) is -0.286. The molecule has 0 spiro atoms. The molecule has 130 valence electrons. The Labute approximate surface area is 151 Å². The smallest absolute Gasteiger partial charge is 0.322 e. The molecule has 0 saturated carbocycles. The van der Waals surface area contributed by atoms with E-state index < -0.39 is 0 Å². The van der Waals surface area contributed by atoms with Crippen molar-refractivity contribution in [3.8, 4) is 11.1 Å². The number of fused-ring (bicyclic) bond motifs is 1. The quantitative estimate of drug-likeness (QED) is 0.665. The van der Waals surface area contributed by atoms with Crippen molar-refractivity contribution < 1.29 is 9.18 Å². The van der Waals surface area contributed by atoms with Gasteiger partial charge in [0, 0.05) is 13.1 Å². The number of nitrogens with zero attached hydrogens (tertiary/aromatic N) is 1. The molecule has 0 fully saturated rings. The van der Waals surface area contributed by atoms with Gasteiger partial charge in [-0.3, -0.25) is 0 Å². The molecule has 0 aromatic heterocycles. The number of urea groups is 1. The lowest BCUT2D eigenvalue weighted by atomic mass is 10.0. The summed E-state index contributed by atoms with van der Waals surface area (Å²) in [7, 11) is 0. The molecule has 1 aliphatic heterocycles. The molecule has 0 radical (unpaired) electrons. The van der Waals surface area contributed by atoms with Gasteiger partial charge in [0.1, 0.15) is 5.82 Å². The predicted octanol–water partition coefficient (Wildman–Crippen LogP) is 4.62. The highest BCUT2D eigenvalue weighted by Crippen LogP contribution is 2.29. The third-order valence-electron chi connectivity index (χ3n) is 4.60. The number of amides is 2. The molecule has 2 amide bonds. The van der Waals surface area contributed by atoms with Crippen molar-refractivity contribution in [1.82, 2.24) is 4.90 Å². The largest absolute Gasteiger partial charge is 0.397 e. The van der Waals surface area contributed by atoms with Crippen LogP contribution in [-0.2, 0) is 13.1 Å². The molecule has 0 bridgehead atoms. The van der Waals surface area contributed by atoms with Crippen LogP contribution >= 0.6 is 0 Å². The molecule has 4 nitrogen and oxygen atoms in total. The van der Waals surface area contributed by atoms with Gasteiger partial charge in [-0.1, -0.05) is 42.5 Å². The number of nitrogen functional groups attached to an aromatic ring is 1. The van der Waals surface area contributed by atoms with E-state index in [0.717, 1.165) is 22.3 Å². The average molecular weight is 347 g/mol. The van der Waals surface area contributed by atoms with Gasteiger partial charge in [-0.25, -0.2) is 9.18 Å². The van der Waals surface area contributed by atoms with Crippen LogP contribution in [0.15, 0.2) is 66.7 Å². The number of carbonyl (C=O) groups is 1. The molecule has 0 aliphatic carbocycles. The van der Waals surface area contributed by atoms with Crippen molar-refractivity contribution in [3.63, 3.8) is 0 Å². The second-order valence-electron chi connectivity index (χ2n) is 6.36. The van der Waals surface area contributed by atoms with E-state index in [0.29, 0.717) is 24.5 Å². The molecule has 3 aromatic rings. The summed E-state index contributed by atoms with van der Waals surface area (Å²) in [5.41, 5.74) is 11.1. The molecule has 3 aromatic carbocycles. The fraction of sp³-hybridized carbons (Fsp3) is 0.0952. The van der Waals surface area contributed by atoms with Crippen LogP contribution in [0.5, 0.6) is 0 Å². The summed E-state index contributed by atoms with van der Waals surface area (Å²) in [6, 6.07) is 19.4. The lowest BCUT2D eigenvalue weighted by molar-refractivity contribution is 0.212. The van der Waals surface area contributed by atoms with E-state index in [1.807, 2.05) is 36.4 Å². The van der Waals surface area contributed by atoms with Gasteiger partial charge in [-0.05, 0) is 46.5 Å². The number of rotatable bonds is 2. The number of nitrogens with two attached hydrogens (primary N) is 1. The van der Waals surface area contributed by atoms with Crippen LogP contribution in [0.2, 0.25) is 0 Å². The highest BCUT2D eigenvalue weighted by Gasteiger charge is 2.23. The van der Waals surface area contributed by atoms with Crippen LogP contribution < -0.4 is 11.1 Å². The second kappa shape index (κ2) is 6.52. The zero-order valence-corrected chi connectivity index (χ0v) is 14.1. The van der Waals surface area contributed by atoms with Gasteiger partial charge in [-0.2, -0.15) is 0 Å². The van der Waals surface area contributed by atoms with E-state index in [-0.39, 0.29) is 11.8 Å². The van der Waals surface area contributed by atoms with Crippen molar-refractivity contribution in [2.45, 2.75) is 13.1 Å². The number of hydrogen-bond donors (Lipinski definition) is 2. The number of carbonyl (C=O) groups excluding carboxylic acids is 1. The SMILES string of the molecule is Nc1ccc(-c2ccc(F)cc2)cc1NC(=O)N1Cc2ccccc2C1. The lowest BCUT2D eigenvalue weighted by Gasteiger charge is -2.18. The van der Waals surface area contributed by atoms with E-state index in [1.54, 1.807) is 23.1 Å². The van der Waals surface area contributed by atoms with Crippen LogP contribution in [0.4, 0.5) is 20.6 Å². The average Bonchev–Trinajstić information content (AvgIpc) is 3.09. The first-order chi connectivity index (χ1) is 12.6. The molecule has 0 atom stereocenters. The number of anilines is 2. The van der Waals surface area contributed by atoms with E-state index in [2.05, 4.69) is 5.32 Å². The minimum Gasteiger partial charge on any atom is -0.397 e. The minimum atomic E-state index is -0.286. The summed E-state index contributed by atoms with van der Waals surface area (Å²) >= 11 is 0. The third-order valence-corrected chi connectivity index (χ3v) is 4.60. The Kier molecular flexibility index (Phi) is 4.05. The van der Waals surface area contributed by atoms with Crippen molar-refractivity contribution in [2.24, 2.45) is 0 Å². The molecule has 0 saturated heterocycles. The molecule has 4 rings (SSSR count). The van der Waals surface area contributed by atoms with Crippen molar-refractivity contribution in [1.29, 1.82) is 0 Å². The predicted molar refractivity (Wildman–Crippen MR) is 101 cm³/mol. The summed E-state index contributed by atoms with van der Waals surface area (Å²) in [5, 5.41) is 2.90. The molecular weight excluding hydrogens is 329 g/mol. The highest BCUT2D eigenvalue weighted by molar-refractivity contribution is 5.94. The summed E-state index contributed by atoms with van der Waals surface area (Å²) in [6.45, 7) is 1.17. The number of benzene rings is 3. The number of halogens is 1. The Morgan fingerprint density at radius 1 is 0.923 bits per heavy atom. The molecule has 5 heteroatoms. The fourth-order valence-electron chi connectivity index (χ4n) is 3.16. The fourth-order valence-corrected chi connectivity index (χ4v) is 3.16. The monoisotopic (exact) mass is 347 g/mol. The number of nitrogens with one attached hydrogen (secondary N) is 1. The van der Waals surface area contributed by atoms with Gasteiger partial charge < -0.3 is 16.0 Å². The van der Waals surface area contributed by atoms with Crippen molar-refractivity contribution in [2.75, 3.05) is 11.1 Å².